The van der Waals surface area contributed by atoms with Crippen LogP contribution >= 0.6 is 22.6 Å². The van der Waals surface area contributed by atoms with E-state index in [0.29, 0.717) is 26.2 Å². The number of rotatable bonds is 3. The molecule has 112 valence electrons. The van der Waals surface area contributed by atoms with Gasteiger partial charge in [0.25, 0.3) is 0 Å². The lowest BCUT2D eigenvalue weighted by molar-refractivity contribution is -0.149. The molecule has 7 heteroatoms. The normalized spacial score (nSPS) is 19.1. The van der Waals surface area contributed by atoms with Crippen LogP contribution in [0.1, 0.15) is 18.0 Å². The van der Waals surface area contributed by atoms with E-state index in [0.717, 1.165) is 3.57 Å². The molecule has 0 radical (unpaired) electrons. The summed E-state index contributed by atoms with van der Waals surface area (Å²) < 4.78 is 53.1. The van der Waals surface area contributed by atoms with Crippen molar-refractivity contribution < 1.29 is 17.6 Å². The number of halogens is 5. The molecule has 1 heterocycles. The SMILES string of the molecule is Fc1ccc(I)cc1[C@H](CC(F)(F)F)N1CCNCC1. The highest BCUT2D eigenvalue weighted by molar-refractivity contribution is 14.1. The van der Waals surface area contributed by atoms with Crippen LogP contribution in [-0.2, 0) is 0 Å². The van der Waals surface area contributed by atoms with Crippen LogP contribution in [0.5, 0.6) is 0 Å². The third kappa shape index (κ3) is 4.29. The molecule has 0 bridgehead atoms. The second-order valence-corrected chi connectivity index (χ2v) is 6.03. The smallest absolute Gasteiger partial charge is 0.314 e. The highest BCUT2D eigenvalue weighted by Gasteiger charge is 2.37. The Morgan fingerprint density at radius 2 is 1.90 bits per heavy atom. The van der Waals surface area contributed by atoms with Gasteiger partial charge in [-0.2, -0.15) is 13.2 Å². The first kappa shape index (κ1) is 16.0. The summed E-state index contributed by atoms with van der Waals surface area (Å²) in [6, 6.07) is 3.35. The van der Waals surface area contributed by atoms with E-state index >= 15 is 0 Å². The molecule has 1 atom stereocenters. The lowest BCUT2D eigenvalue weighted by atomic mass is 10.0. The molecule has 1 aromatic carbocycles. The van der Waals surface area contributed by atoms with Gasteiger partial charge < -0.3 is 5.32 Å². The van der Waals surface area contributed by atoms with Crippen LogP contribution < -0.4 is 5.32 Å². The molecule has 1 aromatic rings. The van der Waals surface area contributed by atoms with Crippen LogP contribution in [0.2, 0.25) is 0 Å². The van der Waals surface area contributed by atoms with Gasteiger partial charge >= 0.3 is 6.18 Å². The molecule has 0 aliphatic carbocycles. The zero-order valence-corrected chi connectivity index (χ0v) is 12.8. The second kappa shape index (κ2) is 6.57. The van der Waals surface area contributed by atoms with Crippen molar-refractivity contribution in [2.75, 3.05) is 26.2 Å². The second-order valence-electron chi connectivity index (χ2n) is 4.79. The Bertz CT molecular complexity index is 458. The molecule has 0 amide bonds. The highest BCUT2D eigenvalue weighted by Crippen LogP contribution is 2.35. The van der Waals surface area contributed by atoms with E-state index in [4.69, 9.17) is 0 Å². The van der Waals surface area contributed by atoms with Crippen LogP contribution in [0.3, 0.4) is 0 Å². The fourth-order valence-electron chi connectivity index (χ4n) is 2.42. The van der Waals surface area contributed by atoms with Gasteiger partial charge in [-0.15, -0.1) is 0 Å². The van der Waals surface area contributed by atoms with Crippen molar-refractivity contribution in [1.29, 1.82) is 0 Å². The minimum absolute atomic E-state index is 0.135. The van der Waals surface area contributed by atoms with Gasteiger partial charge in [0.2, 0.25) is 0 Å². The maximum Gasteiger partial charge on any atom is 0.390 e. The van der Waals surface area contributed by atoms with Crippen molar-refractivity contribution in [1.82, 2.24) is 10.2 Å². The topological polar surface area (TPSA) is 15.3 Å². The zero-order valence-electron chi connectivity index (χ0n) is 10.7. The summed E-state index contributed by atoms with van der Waals surface area (Å²) in [5, 5.41) is 3.09. The minimum atomic E-state index is -4.32. The van der Waals surface area contributed by atoms with Gasteiger partial charge in [-0.25, -0.2) is 4.39 Å². The van der Waals surface area contributed by atoms with Gasteiger partial charge in [0.05, 0.1) is 6.42 Å². The summed E-state index contributed by atoms with van der Waals surface area (Å²) in [6.45, 7) is 2.23. The van der Waals surface area contributed by atoms with Gasteiger partial charge in [0.1, 0.15) is 5.82 Å². The van der Waals surface area contributed by atoms with Crippen LogP contribution in [0.15, 0.2) is 18.2 Å². The van der Waals surface area contributed by atoms with Crippen LogP contribution in [0, 0.1) is 9.39 Å². The van der Waals surface area contributed by atoms with E-state index in [-0.39, 0.29) is 5.56 Å². The van der Waals surface area contributed by atoms with Gasteiger partial charge in [0.15, 0.2) is 0 Å². The number of nitrogens with one attached hydrogen (secondary N) is 1. The molecule has 2 rings (SSSR count). The average molecular weight is 402 g/mol. The predicted molar refractivity (Wildman–Crippen MR) is 77.0 cm³/mol. The Hall–Kier alpha value is -0.410. The minimum Gasteiger partial charge on any atom is -0.314 e. The summed E-state index contributed by atoms with van der Waals surface area (Å²) in [5.74, 6) is -0.571. The maximum atomic E-state index is 13.9. The summed E-state index contributed by atoms with van der Waals surface area (Å²) in [5.41, 5.74) is 0.135. The predicted octanol–water partition coefficient (Wildman–Crippen LogP) is 3.33. The largest absolute Gasteiger partial charge is 0.390 e. The Kier molecular flexibility index (Phi) is 5.25. The lowest BCUT2D eigenvalue weighted by Crippen LogP contribution is -2.46. The summed E-state index contributed by atoms with van der Waals surface area (Å²) in [6.07, 6.45) is -5.34. The molecular weight excluding hydrogens is 387 g/mol. The maximum absolute atomic E-state index is 13.9. The molecule has 2 nitrogen and oxygen atoms in total. The number of benzene rings is 1. The fourth-order valence-corrected chi connectivity index (χ4v) is 2.93. The van der Waals surface area contributed by atoms with Crippen LogP contribution in [0.4, 0.5) is 17.6 Å². The molecule has 0 aromatic heterocycles. The molecule has 20 heavy (non-hydrogen) atoms. The van der Waals surface area contributed by atoms with Crippen LogP contribution in [0.25, 0.3) is 0 Å². The van der Waals surface area contributed by atoms with Gasteiger partial charge in [-0.1, -0.05) is 0 Å². The average Bonchev–Trinajstić information content (AvgIpc) is 2.39. The number of nitrogens with zero attached hydrogens (tertiary/aromatic N) is 1. The van der Waals surface area contributed by atoms with Gasteiger partial charge in [-0.05, 0) is 40.8 Å². The first-order valence-electron chi connectivity index (χ1n) is 6.33. The van der Waals surface area contributed by atoms with Crippen molar-refractivity contribution in [2.24, 2.45) is 0 Å². The van der Waals surface area contributed by atoms with E-state index in [1.807, 2.05) is 22.6 Å². The fraction of sp³-hybridized carbons (Fsp3) is 0.538. The number of alkyl halides is 3. The van der Waals surface area contributed by atoms with E-state index in [9.17, 15) is 17.6 Å². The third-order valence-corrected chi connectivity index (χ3v) is 4.01. The molecular formula is C13H15F4IN2. The Labute approximate surface area is 128 Å². The van der Waals surface area contributed by atoms with E-state index in [2.05, 4.69) is 5.32 Å². The molecule has 1 aliphatic heterocycles. The molecule has 0 spiro atoms. The van der Waals surface area contributed by atoms with Crippen LogP contribution in [-0.4, -0.2) is 37.3 Å². The van der Waals surface area contributed by atoms with Gasteiger partial charge in [-0.3, -0.25) is 4.90 Å². The summed E-state index contributed by atoms with van der Waals surface area (Å²) in [4.78, 5) is 1.71. The van der Waals surface area contributed by atoms with Crippen molar-refractivity contribution in [3.8, 4) is 0 Å². The summed E-state index contributed by atoms with van der Waals surface area (Å²) >= 11 is 1.98. The van der Waals surface area contributed by atoms with Gasteiger partial charge in [0, 0.05) is 41.4 Å². The number of piperazine rings is 1. The van der Waals surface area contributed by atoms with E-state index < -0.39 is 24.5 Å². The first-order chi connectivity index (χ1) is 9.37. The molecule has 0 saturated carbocycles. The van der Waals surface area contributed by atoms with Crippen molar-refractivity contribution in [3.05, 3.63) is 33.1 Å². The van der Waals surface area contributed by atoms with Crippen molar-refractivity contribution in [3.63, 3.8) is 0 Å². The monoisotopic (exact) mass is 402 g/mol. The van der Waals surface area contributed by atoms with E-state index in [1.54, 1.807) is 11.0 Å². The first-order valence-corrected chi connectivity index (χ1v) is 7.41. The molecule has 0 unspecified atom stereocenters. The molecule has 1 aliphatic rings. The Morgan fingerprint density at radius 3 is 2.50 bits per heavy atom. The highest BCUT2D eigenvalue weighted by atomic mass is 127. The Balaban J connectivity index is 2.31. The van der Waals surface area contributed by atoms with E-state index in [1.165, 1.54) is 12.1 Å². The number of hydrogen-bond acceptors (Lipinski definition) is 2. The third-order valence-electron chi connectivity index (χ3n) is 3.33. The quantitative estimate of drug-likeness (QED) is 0.617. The zero-order chi connectivity index (χ0) is 14.8. The standard InChI is InChI=1S/C13H15F4IN2/c14-11-2-1-9(18)7-10(11)12(8-13(15,16)17)20-5-3-19-4-6-20/h1-2,7,12,19H,3-6,8H2/t12-/m0/s1. The molecule has 1 saturated heterocycles. The summed E-state index contributed by atoms with van der Waals surface area (Å²) in [7, 11) is 0. The lowest BCUT2D eigenvalue weighted by Gasteiger charge is -2.35. The van der Waals surface area contributed by atoms with Crippen molar-refractivity contribution in [2.45, 2.75) is 18.6 Å². The molecule has 1 fully saturated rings. The number of hydrogen-bond donors (Lipinski definition) is 1. The van der Waals surface area contributed by atoms with Crippen molar-refractivity contribution >= 4 is 22.6 Å². The Morgan fingerprint density at radius 1 is 1.25 bits per heavy atom. The molecule has 1 N–H and O–H groups in total.